The van der Waals surface area contributed by atoms with Crippen LogP contribution < -0.4 is 10.6 Å². The third-order valence-corrected chi connectivity index (χ3v) is 8.68. The molecule has 0 radical (unpaired) electrons. The van der Waals surface area contributed by atoms with Crippen molar-refractivity contribution in [2.45, 2.75) is 78.4 Å². The molecule has 0 aliphatic rings. The lowest BCUT2D eigenvalue weighted by Crippen LogP contribution is -2.28. The Bertz CT molecular complexity index is 715. The van der Waals surface area contributed by atoms with E-state index in [9.17, 15) is 24.0 Å². The average Bonchev–Trinajstić information content (AvgIpc) is 3.07. The number of ether oxygens (including phenoxy) is 6. The van der Waals surface area contributed by atoms with Crippen LogP contribution in [-0.2, 0) is 52.4 Å². The molecule has 49 heavy (non-hydrogen) atoms. The maximum Gasteiger partial charge on any atom is 0.331 e. The van der Waals surface area contributed by atoms with Crippen molar-refractivity contribution in [3.8, 4) is 0 Å². The Kier molecular flexibility index (Phi) is 57.4. The van der Waals surface area contributed by atoms with Gasteiger partial charge in [0, 0.05) is 85.8 Å². The number of nitrogens with one attached hydrogen (secondary N) is 2. The number of methoxy groups -OCH3 is 6. The van der Waals surface area contributed by atoms with Crippen molar-refractivity contribution in [2.24, 2.45) is 0 Å². The van der Waals surface area contributed by atoms with Gasteiger partial charge in [-0.1, -0.05) is 43.2 Å². The molecule has 13 nitrogen and oxygen atoms in total. The molecule has 0 saturated carbocycles. The van der Waals surface area contributed by atoms with Gasteiger partial charge in [-0.15, -0.1) is 0 Å². The molecule has 0 saturated heterocycles. The summed E-state index contributed by atoms with van der Waals surface area (Å²) < 4.78 is 27.5. The van der Waals surface area contributed by atoms with Crippen LogP contribution in [-0.4, -0.2) is 141 Å². The highest BCUT2D eigenvalue weighted by Crippen LogP contribution is 2.18. The Labute approximate surface area is 312 Å². The van der Waals surface area contributed by atoms with Crippen LogP contribution in [0.4, 0.5) is 0 Å². The first-order valence-electron chi connectivity index (χ1n) is 15.7. The molecular weight excluding hydrogens is 717 g/mol. The van der Waals surface area contributed by atoms with Gasteiger partial charge in [0.15, 0.2) is 0 Å². The number of carbonyl (C=O) groups excluding carboxylic acids is 5. The second-order valence-electron chi connectivity index (χ2n) is 9.91. The molecule has 0 aromatic rings. The zero-order valence-corrected chi connectivity index (χ0v) is 35.2. The number of rotatable bonds is 24. The highest BCUT2D eigenvalue weighted by molar-refractivity contribution is 8.76. The van der Waals surface area contributed by atoms with Gasteiger partial charge in [0.25, 0.3) is 0 Å². The first kappa shape index (κ1) is 57.3. The van der Waals surface area contributed by atoms with Gasteiger partial charge in [-0.3, -0.25) is 19.2 Å². The fourth-order valence-electron chi connectivity index (χ4n) is 2.30. The van der Waals surface area contributed by atoms with E-state index in [2.05, 4.69) is 29.6 Å². The topological polar surface area (TPSA) is 165 Å². The number of esters is 1. The van der Waals surface area contributed by atoms with Crippen LogP contribution in [0.3, 0.4) is 0 Å². The predicted octanol–water partition coefficient (Wildman–Crippen LogP) is 4.89. The Balaban J connectivity index is -0.000000181. The summed E-state index contributed by atoms with van der Waals surface area (Å²) in [6.07, 6.45) is 8.52. The fraction of sp³-hybridized carbons (Fsp3) is 0.844. The van der Waals surface area contributed by atoms with Gasteiger partial charge in [-0.25, -0.2) is 4.79 Å². The van der Waals surface area contributed by atoms with Gasteiger partial charge in [0.2, 0.25) is 11.8 Å². The predicted molar refractivity (Wildman–Crippen MR) is 208 cm³/mol. The number of carbonyl (C=O) groups is 5. The quantitative estimate of drug-likeness (QED) is 0.0772. The Morgan fingerprint density at radius 3 is 1.10 bits per heavy atom. The van der Waals surface area contributed by atoms with E-state index in [1.54, 1.807) is 57.4 Å². The molecule has 2 N–H and O–H groups in total. The van der Waals surface area contributed by atoms with Gasteiger partial charge < -0.3 is 39.1 Å². The first-order valence-corrected chi connectivity index (χ1v) is 21.2. The van der Waals surface area contributed by atoms with Crippen molar-refractivity contribution in [2.75, 3.05) is 99.6 Å². The summed E-state index contributed by atoms with van der Waals surface area (Å²) in [5, 5.41) is 5.36. The lowest BCUT2D eigenvalue weighted by molar-refractivity contribution is -0.144. The molecule has 0 aromatic carbocycles. The molecule has 0 bridgehead atoms. The van der Waals surface area contributed by atoms with E-state index < -0.39 is 0 Å². The highest BCUT2D eigenvalue weighted by atomic mass is 33.1. The standard InChI is InChI=1S/2C10H19NO3S2.C4H8O3.2C4H10O/c2*1-14-8-10(13)11-6-3-4-9(12)5-7-16-15-2;1-6-3-4(5)7-2;2*1-4(2)5-3/h2*3-8H2,1-2H3,(H,11,13);3H2,1-2H3;2*4H,1-3H3. The number of Topliss-reactive ketones (excluding diaryl/α,β-unsaturated/α-hetero) is 2. The molecule has 0 aliphatic carbocycles. The molecule has 2 amide bonds. The molecule has 0 fully saturated rings. The molecule has 0 rings (SSSR count). The molecule has 0 atom stereocenters. The minimum atomic E-state index is -0.345. The molecule has 294 valence electrons. The van der Waals surface area contributed by atoms with E-state index in [0.717, 1.165) is 11.5 Å². The Hall–Kier alpha value is -1.05. The van der Waals surface area contributed by atoms with Gasteiger partial charge in [0.1, 0.15) is 31.4 Å². The van der Waals surface area contributed by atoms with Crippen LogP contribution in [0.5, 0.6) is 0 Å². The first-order chi connectivity index (χ1) is 23.3. The largest absolute Gasteiger partial charge is 0.467 e. The van der Waals surface area contributed by atoms with Crippen LogP contribution in [0.1, 0.15) is 66.2 Å². The summed E-state index contributed by atoms with van der Waals surface area (Å²) in [6, 6.07) is 0. The van der Waals surface area contributed by atoms with Crippen molar-refractivity contribution in [3.05, 3.63) is 0 Å². The van der Waals surface area contributed by atoms with Crippen molar-refractivity contribution in [1.82, 2.24) is 10.6 Å². The van der Waals surface area contributed by atoms with Crippen LogP contribution in [0.2, 0.25) is 0 Å². The monoisotopic (exact) mass is 782 g/mol. The highest BCUT2D eigenvalue weighted by Gasteiger charge is 2.04. The van der Waals surface area contributed by atoms with Crippen molar-refractivity contribution >= 4 is 72.5 Å². The molecular formula is C32H66N2O11S4. The third kappa shape index (κ3) is 65.9. The molecule has 0 aliphatic heterocycles. The van der Waals surface area contributed by atoms with E-state index >= 15 is 0 Å². The van der Waals surface area contributed by atoms with Crippen LogP contribution in [0.25, 0.3) is 0 Å². The van der Waals surface area contributed by atoms with Gasteiger partial charge in [-0.2, -0.15) is 0 Å². The maximum atomic E-state index is 11.3. The zero-order valence-electron chi connectivity index (χ0n) is 32.0. The fourth-order valence-corrected chi connectivity index (χ4v) is 4.75. The number of amides is 2. The Morgan fingerprint density at radius 1 is 0.551 bits per heavy atom. The molecule has 0 heterocycles. The lowest BCUT2D eigenvalue weighted by atomic mass is 10.2. The SMILES string of the molecule is COC(C)C.COC(C)C.COCC(=O)NCCCC(=O)CCSSC.COCC(=O)NCCCC(=O)CCSSC.COCC(=O)OC. The van der Waals surface area contributed by atoms with Crippen molar-refractivity contribution in [3.63, 3.8) is 0 Å². The molecule has 0 spiro atoms. The minimum absolute atomic E-state index is 0.0382. The smallest absolute Gasteiger partial charge is 0.331 e. The molecule has 0 unspecified atom stereocenters. The average molecular weight is 783 g/mol. The van der Waals surface area contributed by atoms with Crippen LogP contribution in [0, 0.1) is 0 Å². The minimum Gasteiger partial charge on any atom is -0.467 e. The van der Waals surface area contributed by atoms with E-state index in [1.165, 1.54) is 28.4 Å². The van der Waals surface area contributed by atoms with Crippen molar-refractivity contribution in [1.29, 1.82) is 0 Å². The molecule has 17 heteroatoms. The van der Waals surface area contributed by atoms with Gasteiger partial charge in [-0.05, 0) is 53.0 Å². The summed E-state index contributed by atoms with van der Waals surface area (Å²) in [4.78, 5) is 54.7. The second kappa shape index (κ2) is 49.1. The number of hydrogen-bond donors (Lipinski definition) is 2. The number of ketones is 2. The maximum absolute atomic E-state index is 11.3. The van der Waals surface area contributed by atoms with Gasteiger partial charge in [0.05, 0.1) is 19.3 Å². The number of hydrogen-bond acceptors (Lipinski definition) is 15. The van der Waals surface area contributed by atoms with Crippen LogP contribution >= 0.6 is 43.2 Å². The summed E-state index contributed by atoms with van der Waals surface area (Å²) >= 11 is 0. The zero-order chi connectivity index (χ0) is 38.7. The lowest BCUT2D eigenvalue weighted by Gasteiger charge is -2.03. The van der Waals surface area contributed by atoms with Crippen LogP contribution in [0.15, 0.2) is 0 Å². The van der Waals surface area contributed by atoms with E-state index in [1.807, 2.05) is 40.2 Å². The summed E-state index contributed by atoms with van der Waals surface area (Å²) in [7, 11) is 15.9. The third-order valence-electron chi connectivity index (χ3n) is 5.06. The van der Waals surface area contributed by atoms with E-state index in [-0.39, 0.29) is 49.2 Å². The summed E-state index contributed by atoms with van der Waals surface area (Å²) in [5.41, 5.74) is 0. The molecule has 0 aromatic heterocycles. The van der Waals surface area contributed by atoms with E-state index in [4.69, 9.17) is 9.47 Å². The summed E-state index contributed by atoms with van der Waals surface area (Å²) in [6.45, 7) is 9.29. The summed E-state index contributed by atoms with van der Waals surface area (Å²) in [5.74, 6) is 1.67. The normalized spacial score (nSPS) is 9.76. The second-order valence-corrected chi connectivity index (χ2v) is 15.3. The van der Waals surface area contributed by atoms with Crippen molar-refractivity contribution < 1.29 is 52.4 Å². The van der Waals surface area contributed by atoms with E-state index in [0.29, 0.717) is 63.8 Å². The Morgan fingerprint density at radius 2 is 0.878 bits per heavy atom. The van der Waals surface area contributed by atoms with Gasteiger partial charge >= 0.3 is 5.97 Å².